The number of carbonyl (C=O) groups is 3. The van der Waals surface area contributed by atoms with Gasteiger partial charge in [-0.1, -0.05) is 24.3 Å². The molecule has 0 aliphatic rings. The van der Waals surface area contributed by atoms with E-state index in [1.54, 1.807) is 43.3 Å². The van der Waals surface area contributed by atoms with Crippen LogP contribution in [0.5, 0.6) is 0 Å². The van der Waals surface area contributed by atoms with E-state index in [-0.39, 0.29) is 19.6 Å². The first-order valence-corrected chi connectivity index (χ1v) is 10.3. The number of para-hydroxylation sites is 1. The number of hydrogen-bond acceptors (Lipinski definition) is 7. The number of ether oxygens (including phenoxy) is 1. The van der Waals surface area contributed by atoms with Crippen LogP contribution in [0.4, 0.5) is 5.69 Å². The Morgan fingerprint density at radius 2 is 1.97 bits per heavy atom. The van der Waals surface area contributed by atoms with E-state index < -0.39 is 23.8 Å². The van der Waals surface area contributed by atoms with Crippen LogP contribution >= 0.6 is 0 Å². The number of nitrogens with zero attached hydrogens (tertiary/aromatic N) is 1. The molecule has 1 unspecified atom stereocenters. The molecule has 0 spiro atoms. The maximum absolute atomic E-state index is 12.6. The quantitative estimate of drug-likeness (QED) is 0.121. The summed E-state index contributed by atoms with van der Waals surface area (Å²) in [6.07, 6.45) is 1.18. The second-order valence-corrected chi connectivity index (χ2v) is 6.97. The van der Waals surface area contributed by atoms with Gasteiger partial charge in [0, 0.05) is 10.9 Å². The highest BCUT2D eigenvalue weighted by molar-refractivity contribution is 5.97. The van der Waals surface area contributed by atoms with Gasteiger partial charge < -0.3 is 25.2 Å². The molecule has 2 amide bonds. The summed E-state index contributed by atoms with van der Waals surface area (Å²) in [6.45, 7) is 1.63. The Labute approximate surface area is 190 Å². The zero-order valence-corrected chi connectivity index (χ0v) is 18.0. The molecule has 5 N–H and O–H groups in total. The molecule has 172 valence electrons. The molecule has 1 atom stereocenters. The summed E-state index contributed by atoms with van der Waals surface area (Å²) in [4.78, 5) is 41.1. The van der Waals surface area contributed by atoms with Crippen LogP contribution in [0.25, 0.3) is 11.0 Å². The molecule has 0 fully saturated rings. The molecule has 0 saturated carbocycles. The van der Waals surface area contributed by atoms with Gasteiger partial charge in [0.2, 0.25) is 5.91 Å². The van der Waals surface area contributed by atoms with Crippen LogP contribution in [0.1, 0.15) is 35.5 Å². The van der Waals surface area contributed by atoms with E-state index in [1.165, 1.54) is 6.34 Å². The number of benzene rings is 2. The third-order valence-corrected chi connectivity index (χ3v) is 4.61. The summed E-state index contributed by atoms with van der Waals surface area (Å²) in [6, 6.07) is 14.9. The van der Waals surface area contributed by atoms with Gasteiger partial charge in [-0.15, -0.1) is 0 Å². The number of fused-ring (bicyclic) bond motifs is 1. The Kier molecular flexibility index (Phi) is 8.14. The number of nitrogens with two attached hydrogens (primary N) is 1. The lowest BCUT2D eigenvalue weighted by atomic mass is 10.1. The van der Waals surface area contributed by atoms with Crippen LogP contribution in [-0.4, -0.2) is 37.3 Å². The van der Waals surface area contributed by atoms with Crippen LogP contribution < -0.4 is 21.9 Å². The highest BCUT2D eigenvalue weighted by Crippen LogP contribution is 2.26. The Balaban J connectivity index is 1.66. The van der Waals surface area contributed by atoms with Crippen LogP contribution in [0, 0.1) is 0 Å². The summed E-state index contributed by atoms with van der Waals surface area (Å²) >= 11 is 0. The van der Waals surface area contributed by atoms with Gasteiger partial charge in [-0.05, 0) is 37.3 Å². The molecule has 10 heteroatoms. The lowest BCUT2D eigenvalue weighted by Gasteiger charge is -2.16. The van der Waals surface area contributed by atoms with Gasteiger partial charge in [-0.3, -0.25) is 14.4 Å². The van der Waals surface area contributed by atoms with E-state index in [0.29, 0.717) is 22.6 Å². The first kappa shape index (κ1) is 23.5. The molecule has 1 aromatic heterocycles. The number of furan rings is 1. The van der Waals surface area contributed by atoms with E-state index >= 15 is 0 Å². The minimum atomic E-state index is -0.748. The van der Waals surface area contributed by atoms with Gasteiger partial charge >= 0.3 is 5.97 Å². The fourth-order valence-electron chi connectivity index (χ4n) is 3.13. The molecule has 3 rings (SSSR count). The fourth-order valence-corrected chi connectivity index (χ4v) is 3.13. The van der Waals surface area contributed by atoms with Gasteiger partial charge in [0.25, 0.3) is 5.91 Å². The Bertz CT molecular complexity index is 1120. The first-order valence-electron chi connectivity index (χ1n) is 10.3. The van der Waals surface area contributed by atoms with Crippen molar-refractivity contribution < 1.29 is 23.5 Å². The number of aliphatic imine (C=N–C) groups is 1. The molecule has 33 heavy (non-hydrogen) atoms. The SMILES string of the molecule is CCOC(=O)CC(NC(=O)CNC(=O)c1cccc(N=CNN)c1)c1cc2ccccc2o1. The van der Waals surface area contributed by atoms with Crippen LogP contribution in [0.3, 0.4) is 0 Å². The van der Waals surface area contributed by atoms with E-state index in [0.717, 1.165) is 5.39 Å². The summed E-state index contributed by atoms with van der Waals surface area (Å²) in [5.41, 5.74) is 3.76. The van der Waals surface area contributed by atoms with E-state index in [2.05, 4.69) is 21.1 Å². The van der Waals surface area contributed by atoms with E-state index in [4.69, 9.17) is 15.0 Å². The molecule has 0 radical (unpaired) electrons. The number of carbonyl (C=O) groups excluding carboxylic acids is 3. The van der Waals surface area contributed by atoms with Gasteiger partial charge in [0.15, 0.2) is 0 Å². The van der Waals surface area contributed by atoms with Crippen molar-refractivity contribution in [3.05, 3.63) is 65.9 Å². The van der Waals surface area contributed by atoms with Crippen LogP contribution in [0.2, 0.25) is 0 Å². The smallest absolute Gasteiger partial charge is 0.308 e. The fraction of sp³-hybridized carbons (Fsp3) is 0.217. The average Bonchev–Trinajstić information content (AvgIpc) is 3.25. The van der Waals surface area contributed by atoms with Crippen molar-refractivity contribution in [2.75, 3.05) is 13.2 Å². The Morgan fingerprint density at radius 3 is 2.73 bits per heavy atom. The zero-order chi connectivity index (χ0) is 23.6. The summed E-state index contributed by atoms with van der Waals surface area (Å²) in [5, 5.41) is 6.13. The minimum absolute atomic E-state index is 0.109. The average molecular weight is 451 g/mol. The van der Waals surface area contributed by atoms with Crippen molar-refractivity contribution in [2.45, 2.75) is 19.4 Å². The topological polar surface area (TPSA) is 148 Å². The second kappa shape index (κ2) is 11.4. The van der Waals surface area contributed by atoms with Gasteiger partial charge in [-0.25, -0.2) is 10.8 Å². The lowest BCUT2D eigenvalue weighted by molar-refractivity contribution is -0.144. The van der Waals surface area contributed by atoms with Crippen molar-refractivity contribution >= 4 is 40.8 Å². The van der Waals surface area contributed by atoms with Gasteiger partial charge in [0.1, 0.15) is 17.7 Å². The molecule has 10 nitrogen and oxygen atoms in total. The molecule has 3 aromatic rings. The molecule has 0 saturated heterocycles. The van der Waals surface area contributed by atoms with Crippen molar-refractivity contribution in [1.29, 1.82) is 0 Å². The monoisotopic (exact) mass is 451 g/mol. The summed E-state index contributed by atoms with van der Waals surface area (Å²) in [5.74, 6) is 4.15. The molecule has 0 bridgehead atoms. The number of hydrazine groups is 1. The summed E-state index contributed by atoms with van der Waals surface area (Å²) in [7, 11) is 0. The number of hydrogen-bond donors (Lipinski definition) is 4. The molecular weight excluding hydrogens is 426 g/mol. The molecule has 1 heterocycles. The van der Waals surface area contributed by atoms with Crippen molar-refractivity contribution in [1.82, 2.24) is 16.1 Å². The highest BCUT2D eigenvalue weighted by atomic mass is 16.5. The lowest BCUT2D eigenvalue weighted by Crippen LogP contribution is -2.39. The Hall–Kier alpha value is -4.18. The predicted molar refractivity (Wildman–Crippen MR) is 123 cm³/mol. The molecular formula is C23H25N5O5. The second-order valence-electron chi connectivity index (χ2n) is 6.97. The van der Waals surface area contributed by atoms with Crippen molar-refractivity contribution in [3.8, 4) is 0 Å². The Morgan fingerprint density at radius 1 is 1.15 bits per heavy atom. The largest absolute Gasteiger partial charge is 0.466 e. The van der Waals surface area contributed by atoms with E-state index in [1.807, 2.05) is 18.2 Å². The normalized spacial score (nSPS) is 11.8. The van der Waals surface area contributed by atoms with Crippen LogP contribution in [-0.2, 0) is 14.3 Å². The maximum Gasteiger partial charge on any atom is 0.308 e. The molecule has 2 aromatic carbocycles. The van der Waals surface area contributed by atoms with E-state index in [9.17, 15) is 14.4 Å². The highest BCUT2D eigenvalue weighted by Gasteiger charge is 2.23. The minimum Gasteiger partial charge on any atom is -0.466 e. The third kappa shape index (κ3) is 6.65. The molecule has 0 aliphatic heterocycles. The summed E-state index contributed by atoms with van der Waals surface area (Å²) < 4.78 is 10.8. The molecule has 0 aliphatic carbocycles. The van der Waals surface area contributed by atoms with Gasteiger partial charge in [-0.2, -0.15) is 0 Å². The standard InChI is InChI=1S/C23H25N5O5/c1-2-32-22(30)12-18(20-11-15-6-3-4-9-19(15)33-20)28-21(29)13-25-23(31)16-7-5-8-17(10-16)26-14-27-24/h3-11,14,18H,2,12-13,24H2,1H3,(H,25,31)(H,26,27)(H,28,29). The number of amides is 2. The number of rotatable bonds is 10. The zero-order valence-electron chi connectivity index (χ0n) is 18.0. The first-order chi connectivity index (χ1) is 16.0. The van der Waals surface area contributed by atoms with Crippen LogP contribution in [0.15, 0.2) is 64.0 Å². The number of nitrogens with one attached hydrogen (secondary N) is 3. The number of esters is 1. The predicted octanol–water partition coefficient (Wildman–Crippen LogP) is 2.10. The maximum atomic E-state index is 12.6. The van der Waals surface area contributed by atoms with Gasteiger partial charge in [0.05, 0.1) is 31.3 Å². The third-order valence-electron chi connectivity index (χ3n) is 4.61. The van der Waals surface area contributed by atoms with Crippen molar-refractivity contribution in [2.24, 2.45) is 10.8 Å². The van der Waals surface area contributed by atoms with Crippen molar-refractivity contribution in [3.63, 3.8) is 0 Å².